The van der Waals surface area contributed by atoms with Crippen LogP contribution in [0.3, 0.4) is 0 Å². The number of halogens is 2. The molecule has 0 saturated heterocycles. The molecule has 2 nitrogen and oxygen atoms in total. The molecular formula is C14H18Cl2O2. The number of hydrogen-bond donors (Lipinski definition) is 0. The first-order chi connectivity index (χ1) is 8.13. The molecule has 4 fully saturated rings. The molecule has 0 N–H and O–H groups in total. The fraction of sp³-hybridized carbons (Fsp3) is 0.857. The average Bonchev–Trinajstić information content (AvgIpc) is 2.10. The Morgan fingerprint density at radius 3 is 1.33 bits per heavy atom. The molecule has 0 amide bonds. The van der Waals surface area contributed by atoms with E-state index >= 15 is 0 Å². The van der Waals surface area contributed by atoms with Gasteiger partial charge in [-0.05, 0) is 72.6 Å². The summed E-state index contributed by atoms with van der Waals surface area (Å²) in [6, 6.07) is 0. The van der Waals surface area contributed by atoms with Crippen molar-refractivity contribution in [3.63, 3.8) is 0 Å². The fourth-order valence-electron chi connectivity index (χ4n) is 6.11. The highest BCUT2D eigenvalue weighted by atomic mass is 35.5. The lowest BCUT2D eigenvalue weighted by Gasteiger charge is -2.67. The summed E-state index contributed by atoms with van der Waals surface area (Å²) in [4.78, 5) is 23.9. The molecular weight excluding hydrogens is 271 g/mol. The highest BCUT2D eigenvalue weighted by Gasteiger charge is 2.69. The van der Waals surface area contributed by atoms with Crippen molar-refractivity contribution < 1.29 is 9.59 Å². The summed E-state index contributed by atoms with van der Waals surface area (Å²) in [7, 11) is 0. The maximum atomic E-state index is 12.0. The monoisotopic (exact) mass is 288 g/mol. The molecule has 0 radical (unpaired) electrons. The number of carbonyl (C=O) groups is 2. The van der Waals surface area contributed by atoms with E-state index in [0.29, 0.717) is 6.42 Å². The first-order valence-corrected chi connectivity index (χ1v) is 7.28. The second-order valence-electron chi connectivity index (χ2n) is 7.79. The molecule has 0 aromatic heterocycles. The molecule has 0 aromatic carbocycles. The van der Waals surface area contributed by atoms with Gasteiger partial charge in [0.1, 0.15) is 0 Å². The Bertz CT molecular complexity index is 403. The molecule has 0 atom stereocenters. The van der Waals surface area contributed by atoms with Crippen LogP contribution in [0, 0.1) is 21.7 Å². The molecule has 4 saturated carbocycles. The van der Waals surface area contributed by atoms with Crippen molar-refractivity contribution in [2.45, 2.75) is 52.4 Å². The van der Waals surface area contributed by atoms with Gasteiger partial charge in [-0.25, -0.2) is 0 Å². The van der Waals surface area contributed by atoms with Crippen LogP contribution in [0.2, 0.25) is 0 Å². The highest BCUT2D eigenvalue weighted by molar-refractivity contribution is 6.66. The smallest absolute Gasteiger partial charge is 0.227 e. The van der Waals surface area contributed by atoms with E-state index in [9.17, 15) is 9.59 Å². The normalized spacial score (nSPS) is 53.6. The third kappa shape index (κ3) is 1.54. The molecule has 4 aliphatic carbocycles. The van der Waals surface area contributed by atoms with Crippen LogP contribution in [0.1, 0.15) is 52.4 Å². The minimum atomic E-state index is -0.510. The van der Waals surface area contributed by atoms with Crippen molar-refractivity contribution in [2.75, 3.05) is 0 Å². The second kappa shape index (κ2) is 3.32. The van der Waals surface area contributed by atoms with E-state index in [-0.39, 0.29) is 21.3 Å². The average molecular weight is 289 g/mol. The van der Waals surface area contributed by atoms with Crippen LogP contribution < -0.4 is 0 Å². The lowest BCUT2D eigenvalue weighted by atomic mass is 9.36. The number of rotatable bonds is 2. The van der Waals surface area contributed by atoms with Gasteiger partial charge in [0.2, 0.25) is 10.5 Å². The Morgan fingerprint density at radius 2 is 1.06 bits per heavy atom. The predicted molar refractivity (Wildman–Crippen MR) is 70.5 cm³/mol. The summed E-state index contributed by atoms with van der Waals surface area (Å²) < 4.78 is 0. The molecule has 18 heavy (non-hydrogen) atoms. The Balaban J connectivity index is 2.15. The summed E-state index contributed by atoms with van der Waals surface area (Å²) in [5, 5.41) is -0.525. The van der Waals surface area contributed by atoms with Crippen molar-refractivity contribution in [1.29, 1.82) is 0 Å². The van der Waals surface area contributed by atoms with Gasteiger partial charge in [0.15, 0.2) is 0 Å². The number of hydrogen-bond acceptors (Lipinski definition) is 2. The summed E-state index contributed by atoms with van der Waals surface area (Å²) in [6.07, 6.45) is 4.94. The van der Waals surface area contributed by atoms with Gasteiger partial charge in [0.05, 0.1) is 0 Å². The minimum Gasteiger partial charge on any atom is -0.281 e. The van der Waals surface area contributed by atoms with Crippen LogP contribution in [0.15, 0.2) is 0 Å². The van der Waals surface area contributed by atoms with Crippen LogP contribution in [-0.2, 0) is 9.59 Å². The Morgan fingerprint density at radius 1 is 0.722 bits per heavy atom. The van der Waals surface area contributed by atoms with Gasteiger partial charge in [-0.1, -0.05) is 13.8 Å². The zero-order valence-electron chi connectivity index (χ0n) is 10.8. The Kier molecular flexibility index (Phi) is 2.39. The standard InChI is InChI=1S/C14H18Cl2O2/c1-11-3-12(2)6-13(4-11,9(15)17)8-14(5-11,7-12)10(16)18/h3-8H2,1-2H3. The third-order valence-corrected chi connectivity index (χ3v) is 6.23. The lowest BCUT2D eigenvalue weighted by molar-refractivity contribution is -0.189. The summed E-state index contributed by atoms with van der Waals surface area (Å²) >= 11 is 11.8. The van der Waals surface area contributed by atoms with Crippen LogP contribution in [0.4, 0.5) is 0 Å². The summed E-state index contributed by atoms with van der Waals surface area (Å²) in [6.45, 7) is 4.37. The van der Waals surface area contributed by atoms with Gasteiger partial charge in [0.25, 0.3) is 0 Å². The van der Waals surface area contributed by atoms with E-state index in [0.717, 1.165) is 32.1 Å². The molecule has 4 bridgehead atoms. The molecule has 0 unspecified atom stereocenters. The van der Waals surface area contributed by atoms with Crippen LogP contribution in [-0.4, -0.2) is 10.5 Å². The highest BCUT2D eigenvalue weighted by Crippen LogP contribution is 2.74. The van der Waals surface area contributed by atoms with Gasteiger partial charge in [0, 0.05) is 10.8 Å². The minimum absolute atomic E-state index is 0.0403. The maximum Gasteiger partial charge on any atom is 0.227 e. The van der Waals surface area contributed by atoms with Crippen LogP contribution >= 0.6 is 23.2 Å². The first-order valence-electron chi connectivity index (χ1n) is 6.53. The van der Waals surface area contributed by atoms with Gasteiger partial charge in [-0.2, -0.15) is 0 Å². The van der Waals surface area contributed by atoms with Gasteiger partial charge < -0.3 is 0 Å². The molecule has 0 aromatic rings. The molecule has 4 heteroatoms. The Labute approximate surface area is 117 Å². The molecule has 4 aliphatic rings. The SMILES string of the molecule is CC12CC3(C)CC(C(=O)Cl)(C1)CC(C(=O)Cl)(C2)C3. The van der Waals surface area contributed by atoms with Crippen LogP contribution in [0.25, 0.3) is 0 Å². The van der Waals surface area contributed by atoms with Gasteiger partial charge in [-0.3, -0.25) is 9.59 Å². The number of carbonyl (C=O) groups excluding carboxylic acids is 2. The molecule has 0 heterocycles. The van der Waals surface area contributed by atoms with Gasteiger partial charge >= 0.3 is 0 Å². The fourth-order valence-corrected chi connectivity index (χ4v) is 6.51. The first kappa shape index (κ1) is 12.9. The van der Waals surface area contributed by atoms with Crippen LogP contribution in [0.5, 0.6) is 0 Å². The topological polar surface area (TPSA) is 34.1 Å². The van der Waals surface area contributed by atoms with E-state index in [1.54, 1.807) is 0 Å². The van der Waals surface area contributed by atoms with E-state index in [2.05, 4.69) is 13.8 Å². The molecule has 4 rings (SSSR count). The summed E-state index contributed by atoms with van der Waals surface area (Å²) in [5.74, 6) is 0. The van der Waals surface area contributed by atoms with Crippen molar-refractivity contribution >= 4 is 33.7 Å². The summed E-state index contributed by atoms with van der Waals surface area (Å²) in [5.41, 5.74) is -0.939. The maximum absolute atomic E-state index is 12.0. The second-order valence-corrected chi connectivity index (χ2v) is 8.48. The third-order valence-electron chi connectivity index (χ3n) is 5.42. The Hall–Kier alpha value is -0.0800. The van der Waals surface area contributed by atoms with Gasteiger partial charge in [-0.15, -0.1) is 0 Å². The molecule has 0 spiro atoms. The lowest BCUT2D eigenvalue weighted by Crippen LogP contribution is -2.62. The molecule has 100 valence electrons. The van der Waals surface area contributed by atoms with Crippen molar-refractivity contribution in [3.05, 3.63) is 0 Å². The van der Waals surface area contributed by atoms with E-state index < -0.39 is 10.8 Å². The van der Waals surface area contributed by atoms with E-state index in [1.807, 2.05) is 0 Å². The quantitative estimate of drug-likeness (QED) is 0.723. The zero-order valence-corrected chi connectivity index (χ0v) is 12.3. The van der Waals surface area contributed by atoms with E-state index in [4.69, 9.17) is 23.2 Å². The largest absolute Gasteiger partial charge is 0.281 e. The molecule has 0 aliphatic heterocycles. The van der Waals surface area contributed by atoms with Crippen molar-refractivity contribution in [2.24, 2.45) is 21.7 Å². The van der Waals surface area contributed by atoms with Crippen molar-refractivity contribution in [3.8, 4) is 0 Å². The zero-order chi connectivity index (χ0) is 13.4. The predicted octanol–water partition coefficient (Wildman–Crippen LogP) is 3.88. The van der Waals surface area contributed by atoms with E-state index in [1.165, 1.54) is 0 Å². The van der Waals surface area contributed by atoms with Crippen molar-refractivity contribution in [1.82, 2.24) is 0 Å².